The van der Waals surface area contributed by atoms with Crippen LogP contribution in [0.25, 0.3) is 0 Å². The Bertz CT molecular complexity index is 2030. The maximum atomic E-state index is 14.7. The highest BCUT2D eigenvalue weighted by Crippen LogP contribution is 2.26. The first-order valence-corrected chi connectivity index (χ1v) is 23.6. The number of fused-ring (bicyclic) bond motifs is 1. The largest absolute Gasteiger partial charge is 0.451 e. The Morgan fingerprint density at radius 3 is 1.24 bits per heavy atom. The zero-order chi connectivity index (χ0) is 49.7. The van der Waals surface area contributed by atoms with Gasteiger partial charge in [-0.05, 0) is 81.3 Å². The van der Waals surface area contributed by atoms with Gasteiger partial charge in [0.25, 0.3) is 23.6 Å². The molecule has 0 spiro atoms. The minimum atomic E-state index is -1.46. The lowest BCUT2D eigenvalue weighted by molar-refractivity contribution is -0.177. The van der Waals surface area contributed by atoms with E-state index < -0.39 is 96.1 Å². The molecule has 0 radical (unpaired) electrons. The zero-order valence-electron chi connectivity index (χ0n) is 41.2. The summed E-state index contributed by atoms with van der Waals surface area (Å²) in [6.45, 7) is 14.0. The predicted molar refractivity (Wildman–Crippen MR) is 249 cm³/mol. The zero-order valence-corrected chi connectivity index (χ0v) is 41.2. The van der Waals surface area contributed by atoms with Crippen molar-refractivity contribution in [2.45, 2.75) is 155 Å². The van der Waals surface area contributed by atoms with Crippen LogP contribution in [0.5, 0.6) is 0 Å². The molecule has 0 aliphatic carbocycles. The second-order valence-electron chi connectivity index (χ2n) is 19.2. The quantitative estimate of drug-likeness (QED) is 0.225. The van der Waals surface area contributed by atoms with E-state index in [0.717, 1.165) is 14.7 Å². The molecule has 67 heavy (non-hydrogen) atoms. The summed E-state index contributed by atoms with van der Waals surface area (Å²) >= 11 is 0. The van der Waals surface area contributed by atoms with E-state index in [-0.39, 0.29) is 62.8 Å². The third-order valence-electron chi connectivity index (χ3n) is 12.3. The fourth-order valence-electron chi connectivity index (χ4n) is 8.52. The lowest BCUT2D eigenvalue weighted by Gasteiger charge is -2.37. The van der Waals surface area contributed by atoms with Crippen LogP contribution in [0.1, 0.15) is 105 Å². The van der Waals surface area contributed by atoms with Crippen LogP contribution in [0.2, 0.25) is 0 Å². The summed E-state index contributed by atoms with van der Waals surface area (Å²) in [5.41, 5.74) is 1.33. The molecule has 0 aromatic heterocycles. The van der Waals surface area contributed by atoms with Gasteiger partial charge in [-0.25, -0.2) is 19.2 Å². The van der Waals surface area contributed by atoms with Gasteiger partial charge in [-0.15, -0.1) is 0 Å². The average Bonchev–Trinajstić information content (AvgIpc) is 3.29. The number of cyclic esters (lactones) is 4. The Kier molecular flexibility index (Phi) is 19.9. The first kappa shape index (κ1) is 53.8. The van der Waals surface area contributed by atoms with Crippen molar-refractivity contribution in [3.8, 4) is 0 Å². The predicted octanol–water partition coefficient (Wildman–Crippen LogP) is 5.17. The molecule has 2 heterocycles. The highest BCUT2D eigenvalue weighted by atomic mass is 16.6. The fourth-order valence-corrected chi connectivity index (χ4v) is 8.52. The van der Waals surface area contributed by atoms with E-state index in [4.69, 9.17) is 18.9 Å². The lowest BCUT2D eigenvalue weighted by atomic mass is 9.99. The molecule has 0 bridgehead atoms. The summed E-state index contributed by atoms with van der Waals surface area (Å²) in [6, 6.07) is 13.0. The molecule has 0 N–H and O–H groups in total. The van der Waals surface area contributed by atoms with E-state index in [0.29, 0.717) is 24.0 Å². The van der Waals surface area contributed by atoms with E-state index in [2.05, 4.69) is 0 Å². The number of amides is 4. The van der Waals surface area contributed by atoms with Crippen molar-refractivity contribution in [3.05, 3.63) is 71.8 Å². The van der Waals surface area contributed by atoms with Gasteiger partial charge in [-0.2, -0.15) is 0 Å². The van der Waals surface area contributed by atoms with Crippen LogP contribution in [-0.2, 0) is 70.1 Å². The van der Waals surface area contributed by atoms with Gasteiger partial charge in [0.05, 0.1) is 0 Å². The summed E-state index contributed by atoms with van der Waals surface area (Å²) in [6.07, 6.45) is -4.17. The van der Waals surface area contributed by atoms with E-state index in [1.165, 1.54) is 39.9 Å². The van der Waals surface area contributed by atoms with Crippen LogP contribution in [0, 0.1) is 17.8 Å². The molecule has 2 aromatic rings. The number of esters is 4. The normalized spacial score (nSPS) is 26.3. The first-order chi connectivity index (χ1) is 31.6. The molecule has 4 amide bonds. The SMILES string of the molecule is CC(C)C[C@H]1C(=O)O[C@H](Cc2ccccc2)C(=O)N2CCCC[C@H]2C(=O)O[C@H](C)C(=O)N(C)[C@@H](CC(C)C)C(=O)O[C@H](Cc2ccccc2)C(=O)N(C)[C@@H](CC(C)C)C(=O)O[C@H](C)C(=O)N1C. The van der Waals surface area contributed by atoms with Crippen LogP contribution in [0.3, 0.4) is 0 Å². The van der Waals surface area contributed by atoms with Crippen molar-refractivity contribution in [2.75, 3.05) is 27.7 Å². The second kappa shape index (κ2) is 24.8. The molecule has 2 aromatic carbocycles. The smallest absolute Gasteiger partial charge is 0.329 e. The Balaban J connectivity index is 1.84. The fraction of sp³-hybridized carbons (Fsp3) is 0.608. The molecule has 368 valence electrons. The summed E-state index contributed by atoms with van der Waals surface area (Å²) in [4.78, 5) is 119. The van der Waals surface area contributed by atoms with Gasteiger partial charge in [0.2, 0.25) is 0 Å². The second-order valence-corrected chi connectivity index (χ2v) is 19.2. The summed E-state index contributed by atoms with van der Waals surface area (Å²) in [5.74, 6) is -6.74. The van der Waals surface area contributed by atoms with Crippen molar-refractivity contribution >= 4 is 47.5 Å². The Morgan fingerprint density at radius 2 is 0.836 bits per heavy atom. The minimum absolute atomic E-state index is 0.0491. The number of nitrogens with zero attached hydrogens (tertiary/aromatic N) is 4. The molecule has 2 aliphatic heterocycles. The monoisotopic (exact) mass is 933 g/mol. The molecule has 4 rings (SSSR count). The Labute approximate surface area is 395 Å². The molecule has 2 saturated heterocycles. The van der Waals surface area contributed by atoms with Crippen molar-refractivity contribution in [1.82, 2.24) is 19.6 Å². The van der Waals surface area contributed by atoms with E-state index in [1.807, 2.05) is 41.5 Å². The van der Waals surface area contributed by atoms with Crippen molar-refractivity contribution < 1.29 is 57.3 Å². The van der Waals surface area contributed by atoms with Crippen molar-refractivity contribution in [2.24, 2.45) is 17.8 Å². The van der Waals surface area contributed by atoms with Gasteiger partial charge >= 0.3 is 23.9 Å². The molecule has 2 aliphatic rings. The van der Waals surface area contributed by atoms with Crippen LogP contribution >= 0.6 is 0 Å². The third kappa shape index (κ3) is 14.8. The topological polar surface area (TPSA) is 186 Å². The van der Waals surface area contributed by atoms with Gasteiger partial charge in [0, 0.05) is 40.5 Å². The van der Waals surface area contributed by atoms with E-state index >= 15 is 0 Å². The number of carbonyl (C=O) groups excluding carboxylic acids is 8. The minimum Gasteiger partial charge on any atom is -0.451 e. The maximum Gasteiger partial charge on any atom is 0.329 e. The molecule has 0 saturated carbocycles. The third-order valence-corrected chi connectivity index (χ3v) is 12.3. The first-order valence-electron chi connectivity index (χ1n) is 23.6. The van der Waals surface area contributed by atoms with Gasteiger partial charge < -0.3 is 38.5 Å². The highest BCUT2D eigenvalue weighted by molar-refractivity contribution is 5.94. The summed E-state index contributed by atoms with van der Waals surface area (Å²) in [5, 5.41) is 0. The average molecular weight is 933 g/mol. The Hall–Kier alpha value is -5.80. The van der Waals surface area contributed by atoms with Gasteiger partial charge in [0.1, 0.15) is 24.2 Å². The number of hydrogen-bond acceptors (Lipinski definition) is 12. The summed E-state index contributed by atoms with van der Waals surface area (Å²) < 4.78 is 23.8. The number of rotatable bonds is 10. The van der Waals surface area contributed by atoms with Crippen LogP contribution in [0.4, 0.5) is 0 Å². The summed E-state index contributed by atoms with van der Waals surface area (Å²) in [7, 11) is 4.19. The van der Waals surface area contributed by atoms with E-state index in [1.54, 1.807) is 60.7 Å². The molecule has 16 nitrogen and oxygen atoms in total. The molecule has 16 heteroatoms. The number of hydrogen-bond donors (Lipinski definition) is 0. The van der Waals surface area contributed by atoms with Crippen LogP contribution in [-0.4, -0.2) is 143 Å². The van der Waals surface area contributed by atoms with Crippen molar-refractivity contribution in [3.63, 3.8) is 0 Å². The molecular weight excluding hydrogens is 861 g/mol. The number of ether oxygens (including phenoxy) is 4. The standard InChI is InChI=1S/C51H72N4O12/c1-31(2)26-39-49(61)65-35(8)45(57)53(10)41(28-33(5)6)51(63)67-43(30-37-22-16-13-17-23-37)47(59)55-25-19-18-24-38(55)48(60)64-34(7)44(56)52(9)40(27-32(3)4)50(62)66-42(46(58)54(39)11)29-36-20-14-12-15-21-36/h12-17,20-23,31-35,38-43H,18-19,24-30H2,1-11H3/t34-,35-,38+,39+,40+,41+,42-,43-/m1/s1. The van der Waals surface area contributed by atoms with Gasteiger partial charge in [0.15, 0.2) is 24.4 Å². The lowest BCUT2D eigenvalue weighted by Crippen LogP contribution is -2.56. The maximum absolute atomic E-state index is 14.7. The molecular formula is C51H72N4O12. The van der Waals surface area contributed by atoms with Crippen LogP contribution < -0.4 is 0 Å². The van der Waals surface area contributed by atoms with E-state index in [9.17, 15) is 38.4 Å². The van der Waals surface area contributed by atoms with Gasteiger partial charge in [-0.1, -0.05) is 102 Å². The van der Waals surface area contributed by atoms with Gasteiger partial charge in [-0.3, -0.25) is 19.2 Å². The number of piperidine rings is 1. The molecule has 2 fully saturated rings. The molecule has 0 unspecified atom stereocenters. The van der Waals surface area contributed by atoms with Crippen LogP contribution in [0.15, 0.2) is 60.7 Å². The number of likely N-dealkylation sites (N-methyl/N-ethyl adjacent to an activating group) is 3. The Morgan fingerprint density at radius 1 is 0.478 bits per heavy atom. The van der Waals surface area contributed by atoms with Crippen molar-refractivity contribution in [1.29, 1.82) is 0 Å². The highest BCUT2D eigenvalue weighted by Gasteiger charge is 2.43. The number of carbonyl (C=O) groups is 8. The molecule has 8 atom stereocenters. The number of benzene rings is 2.